The molecule has 72 valence electrons. The second-order valence-corrected chi connectivity index (χ2v) is 3.67. The summed E-state index contributed by atoms with van der Waals surface area (Å²) in [6.07, 6.45) is 0.665. The minimum Gasteiger partial charge on any atom is -0.408 e. The molecule has 5 heteroatoms. The van der Waals surface area contributed by atoms with Gasteiger partial charge in [0.05, 0.1) is 12.1 Å². The lowest BCUT2D eigenvalue weighted by Crippen LogP contribution is -2.14. The van der Waals surface area contributed by atoms with Gasteiger partial charge in [-0.05, 0) is 18.2 Å². The van der Waals surface area contributed by atoms with Crippen molar-refractivity contribution >= 4 is 33.3 Å². The Kier molecular flexibility index (Phi) is 2.25. The number of carbonyl (C=O) groups excluding carboxylic acids is 1. The van der Waals surface area contributed by atoms with Gasteiger partial charge in [-0.25, -0.2) is 4.79 Å². The molecule has 2 aromatic rings. The Balaban J connectivity index is 2.76. The number of benzene rings is 1. The van der Waals surface area contributed by atoms with E-state index in [9.17, 15) is 9.59 Å². The first-order chi connectivity index (χ1) is 6.72. The van der Waals surface area contributed by atoms with Crippen LogP contribution in [0, 0.1) is 0 Å². The molecule has 0 aliphatic carbocycles. The van der Waals surface area contributed by atoms with Crippen LogP contribution in [0.5, 0.6) is 0 Å². The summed E-state index contributed by atoms with van der Waals surface area (Å²) in [6, 6.07) is 5.21. The Bertz CT molecular complexity index is 540. The molecule has 0 atom stereocenters. The summed E-state index contributed by atoms with van der Waals surface area (Å²) < 4.78 is 7.07. The summed E-state index contributed by atoms with van der Waals surface area (Å²) >= 11 is 3.26. The van der Waals surface area contributed by atoms with Gasteiger partial charge in [-0.15, -0.1) is 0 Å². The van der Waals surface area contributed by atoms with Crippen LogP contribution in [0.15, 0.2) is 31.9 Å². The van der Waals surface area contributed by atoms with Gasteiger partial charge in [-0.1, -0.05) is 15.9 Å². The molecule has 0 saturated carbocycles. The van der Waals surface area contributed by atoms with Crippen molar-refractivity contribution in [2.75, 3.05) is 0 Å². The summed E-state index contributed by atoms with van der Waals surface area (Å²) in [5.74, 6) is -0.509. The zero-order valence-corrected chi connectivity index (χ0v) is 8.65. The minimum absolute atomic E-state index is 0.0213. The van der Waals surface area contributed by atoms with Crippen LogP contribution in [-0.2, 0) is 11.3 Å². The average molecular weight is 256 g/mol. The molecule has 2 rings (SSSR count). The van der Waals surface area contributed by atoms with Gasteiger partial charge in [0.15, 0.2) is 5.58 Å². The first-order valence-corrected chi connectivity index (χ1v) is 4.74. The molecular weight excluding hydrogens is 250 g/mol. The highest BCUT2D eigenvalue weighted by atomic mass is 79.9. The summed E-state index contributed by atoms with van der Waals surface area (Å²) in [7, 11) is 0. The van der Waals surface area contributed by atoms with Gasteiger partial charge in [0.1, 0.15) is 6.29 Å². The van der Waals surface area contributed by atoms with E-state index in [0.717, 1.165) is 4.47 Å². The van der Waals surface area contributed by atoms with Crippen molar-refractivity contribution in [2.45, 2.75) is 6.54 Å². The first kappa shape index (κ1) is 9.21. The molecule has 0 aliphatic heterocycles. The minimum atomic E-state index is -0.509. The van der Waals surface area contributed by atoms with Crippen LogP contribution in [0.25, 0.3) is 11.1 Å². The third-order valence-electron chi connectivity index (χ3n) is 1.89. The van der Waals surface area contributed by atoms with Crippen LogP contribution < -0.4 is 5.76 Å². The van der Waals surface area contributed by atoms with E-state index in [1.165, 1.54) is 4.57 Å². The van der Waals surface area contributed by atoms with Crippen LogP contribution in [0.4, 0.5) is 0 Å². The zero-order chi connectivity index (χ0) is 10.1. The maximum absolute atomic E-state index is 11.3. The van der Waals surface area contributed by atoms with Crippen molar-refractivity contribution in [3.05, 3.63) is 33.2 Å². The third-order valence-corrected chi connectivity index (χ3v) is 2.38. The van der Waals surface area contributed by atoms with Gasteiger partial charge in [-0.3, -0.25) is 4.57 Å². The van der Waals surface area contributed by atoms with Crippen molar-refractivity contribution in [1.29, 1.82) is 0 Å². The molecule has 1 aromatic carbocycles. The highest BCUT2D eigenvalue weighted by Gasteiger charge is 2.07. The molecule has 0 saturated heterocycles. The molecule has 0 spiro atoms. The molecule has 0 aliphatic rings. The molecular formula is C9H6BrNO3. The van der Waals surface area contributed by atoms with E-state index in [4.69, 9.17) is 4.42 Å². The molecule has 14 heavy (non-hydrogen) atoms. The van der Waals surface area contributed by atoms with E-state index in [-0.39, 0.29) is 6.54 Å². The van der Waals surface area contributed by atoms with Crippen LogP contribution >= 0.6 is 15.9 Å². The normalized spacial score (nSPS) is 10.6. The molecule has 0 N–H and O–H groups in total. The van der Waals surface area contributed by atoms with Crippen molar-refractivity contribution in [3.63, 3.8) is 0 Å². The van der Waals surface area contributed by atoms with E-state index >= 15 is 0 Å². The number of halogens is 1. The molecule has 0 bridgehead atoms. The van der Waals surface area contributed by atoms with Crippen LogP contribution in [0.2, 0.25) is 0 Å². The lowest BCUT2D eigenvalue weighted by Gasteiger charge is -1.94. The van der Waals surface area contributed by atoms with E-state index in [1.807, 2.05) is 0 Å². The summed E-state index contributed by atoms with van der Waals surface area (Å²) in [5.41, 5.74) is 1.11. The Morgan fingerprint density at radius 2 is 2.29 bits per heavy atom. The maximum atomic E-state index is 11.3. The predicted molar refractivity (Wildman–Crippen MR) is 54.2 cm³/mol. The molecule has 0 radical (unpaired) electrons. The summed E-state index contributed by atoms with van der Waals surface area (Å²) in [6.45, 7) is 0.0213. The van der Waals surface area contributed by atoms with Crippen LogP contribution in [-0.4, -0.2) is 10.9 Å². The van der Waals surface area contributed by atoms with E-state index in [2.05, 4.69) is 15.9 Å². The van der Waals surface area contributed by atoms with E-state index in [1.54, 1.807) is 18.2 Å². The Hall–Kier alpha value is -1.36. The largest absolute Gasteiger partial charge is 0.420 e. The topological polar surface area (TPSA) is 52.2 Å². The number of hydrogen-bond donors (Lipinski definition) is 0. The molecule has 0 amide bonds. The number of oxazole rings is 1. The van der Waals surface area contributed by atoms with Crippen molar-refractivity contribution < 1.29 is 9.21 Å². The van der Waals surface area contributed by atoms with E-state index in [0.29, 0.717) is 17.4 Å². The fraction of sp³-hybridized carbons (Fsp3) is 0.111. The van der Waals surface area contributed by atoms with Gasteiger partial charge in [-0.2, -0.15) is 0 Å². The smallest absolute Gasteiger partial charge is 0.408 e. The van der Waals surface area contributed by atoms with Crippen molar-refractivity contribution in [3.8, 4) is 0 Å². The molecule has 1 heterocycles. The van der Waals surface area contributed by atoms with Crippen molar-refractivity contribution in [2.24, 2.45) is 0 Å². The number of carbonyl (C=O) groups is 1. The maximum Gasteiger partial charge on any atom is 0.420 e. The number of aldehydes is 1. The van der Waals surface area contributed by atoms with Gasteiger partial charge >= 0.3 is 5.76 Å². The monoisotopic (exact) mass is 255 g/mol. The number of aromatic nitrogens is 1. The highest BCUT2D eigenvalue weighted by Crippen LogP contribution is 2.18. The van der Waals surface area contributed by atoms with Crippen LogP contribution in [0.3, 0.4) is 0 Å². The SMILES string of the molecule is O=CCn1c(=O)oc2cc(Br)ccc21. The first-order valence-electron chi connectivity index (χ1n) is 3.95. The fourth-order valence-electron chi connectivity index (χ4n) is 1.29. The van der Waals surface area contributed by atoms with Gasteiger partial charge < -0.3 is 9.21 Å². The summed E-state index contributed by atoms with van der Waals surface area (Å²) in [5, 5.41) is 0. The fourth-order valence-corrected chi connectivity index (χ4v) is 1.63. The molecule has 4 nitrogen and oxygen atoms in total. The van der Waals surface area contributed by atoms with Gasteiger partial charge in [0.2, 0.25) is 0 Å². The predicted octanol–water partition coefficient (Wildman–Crippen LogP) is 1.56. The second kappa shape index (κ2) is 3.42. The van der Waals surface area contributed by atoms with E-state index < -0.39 is 5.76 Å². The quantitative estimate of drug-likeness (QED) is 0.766. The van der Waals surface area contributed by atoms with Gasteiger partial charge in [0.25, 0.3) is 0 Å². The van der Waals surface area contributed by atoms with Crippen LogP contribution in [0.1, 0.15) is 0 Å². The van der Waals surface area contributed by atoms with Crippen molar-refractivity contribution in [1.82, 2.24) is 4.57 Å². The average Bonchev–Trinajstić information content (AvgIpc) is 2.43. The second-order valence-electron chi connectivity index (χ2n) is 2.76. The molecule has 1 aromatic heterocycles. The Morgan fingerprint density at radius 1 is 1.50 bits per heavy atom. The number of rotatable bonds is 2. The number of nitrogens with zero attached hydrogens (tertiary/aromatic N) is 1. The molecule has 0 unspecified atom stereocenters. The molecule has 0 fully saturated rings. The Morgan fingerprint density at radius 3 is 3.00 bits per heavy atom. The number of hydrogen-bond acceptors (Lipinski definition) is 3. The highest BCUT2D eigenvalue weighted by molar-refractivity contribution is 9.10. The lowest BCUT2D eigenvalue weighted by atomic mass is 10.3. The third kappa shape index (κ3) is 1.39. The standard InChI is InChI=1S/C9H6BrNO3/c10-6-1-2-7-8(5-6)14-9(13)11(7)3-4-12/h1-2,4-5H,3H2. The number of fused-ring (bicyclic) bond motifs is 1. The van der Waals surface area contributed by atoms with Gasteiger partial charge in [0, 0.05) is 4.47 Å². The Labute approximate surface area is 87.3 Å². The zero-order valence-electron chi connectivity index (χ0n) is 7.07. The lowest BCUT2D eigenvalue weighted by molar-refractivity contribution is -0.108. The summed E-state index contributed by atoms with van der Waals surface area (Å²) in [4.78, 5) is 21.6.